The highest BCUT2D eigenvalue weighted by Gasteiger charge is 2.24. The number of hydrogen-bond acceptors (Lipinski definition) is 4. The van der Waals surface area contributed by atoms with Gasteiger partial charge in [0.15, 0.2) is 0 Å². The molecular weight excluding hydrogens is 243 g/mol. The van der Waals surface area contributed by atoms with E-state index < -0.39 is 29.8 Å². The lowest BCUT2D eigenvalue weighted by molar-refractivity contribution is -0.143. The van der Waals surface area contributed by atoms with Crippen molar-refractivity contribution < 1.29 is 24.2 Å². The van der Waals surface area contributed by atoms with Gasteiger partial charge in [0, 0.05) is 6.20 Å². The van der Waals surface area contributed by atoms with Crippen LogP contribution in [0.4, 0.5) is 4.39 Å². The summed E-state index contributed by atoms with van der Waals surface area (Å²) < 4.78 is 12.6. The maximum atomic E-state index is 12.6. The van der Waals surface area contributed by atoms with Gasteiger partial charge in [0.25, 0.3) is 0 Å². The molecule has 6 nitrogen and oxygen atoms in total. The van der Waals surface area contributed by atoms with Gasteiger partial charge in [0.05, 0.1) is 5.92 Å². The molecule has 7 heteroatoms. The van der Waals surface area contributed by atoms with Gasteiger partial charge in [-0.15, -0.1) is 0 Å². The van der Waals surface area contributed by atoms with Crippen molar-refractivity contribution in [3.63, 3.8) is 0 Å². The lowest BCUT2D eigenvalue weighted by atomic mass is 9.94. The third-order valence-corrected chi connectivity index (χ3v) is 2.48. The molecule has 0 spiro atoms. The van der Waals surface area contributed by atoms with Gasteiger partial charge in [-0.1, -0.05) is 6.07 Å². The summed E-state index contributed by atoms with van der Waals surface area (Å²) in [5.74, 6) is -3.99. The molecule has 0 saturated heterocycles. The Bertz CT molecular complexity index is 435. The molecule has 0 amide bonds. The smallest absolute Gasteiger partial charge is 0.320 e. The van der Waals surface area contributed by atoms with E-state index >= 15 is 0 Å². The first kappa shape index (κ1) is 14.0. The molecule has 4 N–H and O–H groups in total. The fourth-order valence-electron chi connectivity index (χ4n) is 1.49. The van der Waals surface area contributed by atoms with Crippen LogP contribution in [0.5, 0.6) is 0 Å². The van der Waals surface area contributed by atoms with Gasteiger partial charge in [0.2, 0.25) is 5.95 Å². The highest BCUT2D eigenvalue weighted by Crippen LogP contribution is 2.14. The normalized spacial score (nSPS) is 13.9. The highest BCUT2D eigenvalue weighted by atomic mass is 19.1. The van der Waals surface area contributed by atoms with Gasteiger partial charge in [0.1, 0.15) is 6.04 Å². The van der Waals surface area contributed by atoms with Crippen LogP contribution >= 0.6 is 0 Å². The van der Waals surface area contributed by atoms with Crippen molar-refractivity contribution in [2.75, 3.05) is 0 Å². The monoisotopic (exact) mass is 256 g/mol. The average Bonchev–Trinajstić information content (AvgIpc) is 2.30. The van der Waals surface area contributed by atoms with Gasteiger partial charge in [-0.2, -0.15) is 4.39 Å². The Kier molecular flexibility index (Phi) is 4.73. The number of nitrogens with zero attached hydrogens (tertiary/aromatic N) is 1. The lowest BCUT2D eigenvalue weighted by Gasteiger charge is -2.14. The van der Waals surface area contributed by atoms with E-state index in [1.165, 1.54) is 12.3 Å². The SMILES string of the molecule is NC(CC(Cc1ccc(F)nc1)C(=O)O)C(=O)O. The summed E-state index contributed by atoms with van der Waals surface area (Å²) in [5.41, 5.74) is 5.81. The van der Waals surface area contributed by atoms with Crippen LogP contribution in [0.1, 0.15) is 12.0 Å². The molecule has 0 aliphatic carbocycles. The molecule has 1 rings (SSSR count). The molecule has 0 fully saturated rings. The Balaban J connectivity index is 2.71. The minimum atomic E-state index is -1.25. The average molecular weight is 256 g/mol. The summed E-state index contributed by atoms with van der Waals surface area (Å²) >= 11 is 0. The molecule has 98 valence electrons. The fraction of sp³-hybridized carbons (Fsp3) is 0.364. The van der Waals surface area contributed by atoms with Crippen molar-refractivity contribution in [1.29, 1.82) is 0 Å². The predicted molar refractivity (Wildman–Crippen MR) is 59.3 cm³/mol. The van der Waals surface area contributed by atoms with Crippen molar-refractivity contribution in [3.05, 3.63) is 29.8 Å². The molecule has 0 bridgehead atoms. The van der Waals surface area contributed by atoms with E-state index in [-0.39, 0.29) is 12.8 Å². The van der Waals surface area contributed by atoms with E-state index in [1.54, 1.807) is 0 Å². The van der Waals surface area contributed by atoms with Crippen LogP contribution in [0.3, 0.4) is 0 Å². The Morgan fingerprint density at radius 2 is 2.00 bits per heavy atom. The Hall–Kier alpha value is -2.02. The van der Waals surface area contributed by atoms with E-state index in [9.17, 15) is 14.0 Å². The second-order valence-corrected chi connectivity index (χ2v) is 3.91. The number of hydrogen-bond donors (Lipinski definition) is 3. The van der Waals surface area contributed by atoms with Crippen molar-refractivity contribution >= 4 is 11.9 Å². The van der Waals surface area contributed by atoms with Gasteiger partial charge in [-0.25, -0.2) is 4.98 Å². The zero-order valence-electron chi connectivity index (χ0n) is 9.41. The van der Waals surface area contributed by atoms with Crippen molar-refractivity contribution in [2.45, 2.75) is 18.9 Å². The number of carboxylic acid groups (broad SMARTS) is 2. The van der Waals surface area contributed by atoms with E-state index in [4.69, 9.17) is 15.9 Å². The minimum absolute atomic E-state index is 0.0591. The molecule has 0 aromatic carbocycles. The molecule has 0 aliphatic heterocycles. The largest absolute Gasteiger partial charge is 0.481 e. The number of halogens is 1. The Morgan fingerprint density at radius 3 is 2.44 bits per heavy atom. The number of rotatable bonds is 6. The van der Waals surface area contributed by atoms with Crippen LogP contribution < -0.4 is 5.73 Å². The summed E-state index contributed by atoms with van der Waals surface area (Å²) in [6.07, 6.45) is 1.09. The predicted octanol–water partition coefficient (Wildman–Crippen LogP) is 0.266. The zero-order valence-corrected chi connectivity index (χ0v) is 9.41. The van der Waals surface area contributed by atoms with Crippen LogP contribution in [0.15, 0.2) is 18.3 Å². The molecule has 0 radical (unpaired) electrons. The molecule has 1 aromatic heterocycles. The maximum Gasteiger partial charge on any atom is 0.320 e. The number of carboxylic acids is 2. The quantitative estimate of drug-likeness (QED) is 0.629. The zero-order chi connectivity index (χ0) is 13.7. The minimum Gasteiger partial charge on any atom is -0.481 e. The summed E-state index contributed by atoms with van der Waals surface area (Å²) in [4.78, 5) is 25.0. The van der Waals surface area contributed by atoms with Crippen LogP contribution in [-0.2, 0) is 16.0 Å². The van der Waals surface area contributed by atoms with E-state index in [0.29, 0.717) is 5.56 Å². The second-order valence-electron chi connectivity index (χ2n) is 3.91. The molecular formula is C11H13FN2O4. The van der Waals surface area contributed by atoms with Crippen LogP contribution in [-0.4, -0.2) is 33.2 Å². The van der Waals surface area contributed by atoms with Crippen LogP contribution in [0.2, 0.25) is 0 Å². The van der Waals surface area contributed by atoms with E-state index in [1.807, 2.05) is 0 Å². The number of pyridine rings is 1. The third-order valence-electron chi connectivity index (χ3n) is 2.48. The summed E-state index contributed by atoms with van der Waals surface area (Å²) in [6, 6.07) is 1.29. The Morgan fingerprint density at radius 1 is 1.33 bits per heavy atom. The third kappa shape index (κ3) is 4.10. The van der Waals surface area contributed by atoms with E-state index in [2.05, 4.69) is 4.98 Å². The molecule has 18 heavy (non-hydrogen) atoms. The summed E-state index contributed by atoms with van der Waals surface area (Å²) in [6.45, 7) is 0. The lowest BCUT2D eigenvalue weighted by Crippen LogP contribution is -2.35. The van der Waals surface area contributed by atoms with Gasteiger partial charge in [-0.05, 0) is 24.5 Å². The number of nitrogens with two attached hydrogens (primary N) is 1. The Labute approximate surface area is 102 Å². The fourth-order valence-corrected chi connectivity index (χ4v) is 1.49. The first-order chi connectivity index (χ1) is 8.40. The van der Waals surface area contributed by atoms with Crippen molar-refractivity contribution in [2.24, 2.45) is 11.7 Å². The van der Waals surface area contributed by atoms with Gasteiger partial charge < -0.3 is 15.9 Å². The van der Waals surface area contributed by atoms with Gasteiger partial charge in [-0.3, -0.25) is 9.59 Å². The first-order valence-electron chi connectivity index (χ1n) is 5.21. The number of aliphatic carboxylic acids is 2. The molecule has 1 heterocycles. The van der Waals surface area contributed by atoms with E-state index in [0.717, 1.165) is 6.07 Å². The molecule has 0 saturated carbocycles. The maximum absolute atomic E-state index is 12.6. The summed E-state index contributed by atoms with van der Waals surface area (Å²) in [5, 5.41) is 17.6. The van der Waals surface area contributed by atoms with Gasteiger partial charge >= 0.3 is 11.9 Å². The second kappa shape index (κ2) is 6.06. The number of aromatic nitrogens is 1. The van der Waals surface area contributed by atoms with Crippen LogP contribution in [0.25, 0.3) is 0 Å². The molecule has 0 aliphatic rings. The van der Waals surface area contributed by atoms with Crippen molar-refractivity contribution in [3.8, 4) is 0 Å². The first-order valence-corrected chi connectivity index (χ1v) is 5.21. The highest BCUT2D eigenvalue weighted by molar-refractivity contribution is 5.76. The molecule has 2 atom stereocenters. The van der Waals surface area contributed by atoms with Crippen molar-refractivity contribution in [1.82, 2.24) is 4.98 Å². The standard InChI is InChI=1S/C11H13FN2O4/c12-9-2-1-6(5-14-9)3-7(10(15)16)4-8(13)11(17)18/h1-2,5,7-8H,3-4,13H2,(H,15,16)(H,17,18). The molecule has 2 unspecified atom stereocenters. The number of carbonyl (C=O) groups is 2. The molecule has 1 aromatic rings. The topological polar surface area (TPSA) is 114 Å². The summed E-state index contributed by atoms with van der Waals surface area (Å²) in [7, 11) is 0. The van der Waals surface area contributed by atoms with Crippen LogP contribution in [0, 0.1) is 11.9 Å².